The second kappa shape index (κ2) is 7.47. The van der Waals surface area contributed by atoms with Gasteiger partial charge in [-0.15, -0.1) is 23.7 Å². The summed E-state index contributed by atoms with van der Waals surface area (Å²) in [5, 5.41) is 7.27. The number of hydrogen-bond acceptors (Lipinski definition) is 4. The molecule has 1 atom stereocenters. The van der Waals surface area contributed by atoms with E-state index in [0.29, 0.717) is 17.3 Å². The minimum atomic E-state index is -0.212. The van der Waals surface area contributed by atoms with Crippen molar-refractivity contribution in [3.63, 3.8) is 0 Å². The number of halogens is 1. The van der Waals surface area contributed by atoms with Crippen LogP contribution in [0.2, 0.25) is 0 Å². The summed E-state index contributed by atoms with van der Waals surface area (Å²) in [6.45, 7) is 0.454. The highest BCUT2D eigenvalue weighted by molar-refractivity contribution is 7.12. The summed E-state index contributed by atoms with van der Waals surface area (Å²) < 4.78 is 0. The van der Waals surface area contributed by atoms with Crippen LogP contribution in [0.4, 0.5) is 0 Å². The molecule has 1 aromatic rings. The molecule has 1 saturated carbocycles. The molecule has 0 bridgehead atoms. The molecule has 0 radical (unpaired) electrons. The molecule has 1 aliphatic carbocycles. The third kappa shape index (κ3) is 4.81. The van der Waals surface area contributed by atoms with Crippen molar-refractivity contribution in [1.82, 2.24) is 10.6 Å². The number of rotatable bonds is 6. The number of nitrogens with one attached hydrogen (secondary N) is 2. The van der Waals surface area contributed by atoms with E-state index in [-0.39, 0.29) is 36.8 Å². The first-order valence-corrected chi connectivity index (χ1v) is 6.90. The van der Waals surface area contributed by atoms with Crippen molar-refractivity contribution in [2.24, 2.45) is 11.7 Å². The van der Waals surface area contributed by atoms with Crippen LogP contribution in [0.25, 0.3) is 0 Å². The number of thiophene rings is 1. The average molecular weight is 304 g/mol. The number of amides is 2. The monoisotopic (exact) mass is 303 g/mol. The van der Waals surface area contributed by atoms with Crippen LogP contribution in [0.5, 0.6) is 0 Å². The largest absolute Gasteiger partial charge is 0.350 e. The van der Waals surface area contributed by atoms with E-state index in [4.69, 9.17) is 5.73 Å². The lowest BCUT2D eigenvalue weighted by Crippen LogP contribution is -2.46. The van der Waals surface area contributed by atoms with E-state index >= 15 is 0 Å². The van der Waals surface area contributed by atoms with Gasteiger partial charge in [0.25, 0.3) is 5.91 Å². The molecule has 0 saturated heterocycles. The van der Waals surface area contributed by atoms with Gasteiger partial charge in [-0.25, -0.2) is 0 Å². The SMILES string of the molecule is Cl.NCC(NC(=O)CNC(=O)c1cccs1)C1CC1. The molecule has 1 unspecified atom stereocenters. The van der Waals surface area contributed by atoms with Gasteiger partial charge in [-0.2, -0.15) is 0 Å². The number of carbonyl (C=O) groups excluding carboxylic acids is 2. The van der Waals surface area contributed by atoms with Gasteiger partial charge in [0.15, 0.2) is 0 Å². The lowest BCUT2D eigenvalue weighted by atomic mass is 10.2. The molecule has 5 nitrogen and oxygen atoms in total. The van der Waals surface area contributed by atoms with E-state index in [9.17, 15) is 9.59 Å². The second-order valence-corrected chi connectivity index (χ2v) is 5.35. The summed E-state index contributed by atoms with van der Waals surface area (Å²) in [4.78, 5) is 23.9. The summed E-state index contributed by atoms with van der Waals surface area (Å²) in [5.74, 6) is 0.130. The van der Waals surface area contributed by atoms with Gasteiger partial charge in [0.05, 0.1) is 11.4 Å². The first-order chi connectivity index (χ1) is 8.70. The van der Waals surface area contributed by atoms with Gasteiger partial charge in [0, 0.05) is 12.6 Å². The van der Waals surface area contributed by atoms with Gasteiger partial charge in [-0.05, 0) is 30.2 Å². The van der Waals surface area contributed by atoms with Gasteiger partial charge in [-0.3, -0.25) is 9.59 Å². The first-order valence-electron chi connectivity index (χ1n) is 6.02. The van der Waals surface area contributed by atoms with Crippen LogP contribution >= 0.6 is 23.7 Å². The Kier molecular flexibility index (Phi) is 6.27. The second-order valence-electron chi connectivity index (χ2n) is 4.41. The Labute approximate surface area is 122 Å². The van der Waals surface area contributed by atoms with Crippen LogP contribution in [0.1, 0.15) is 22.5 Å². The van der Waals surface area contributed by atoms with Crippen LogP contribution in [0.3, 0.4) is 0 Å². The molecule has 1 aliphatic rings. The molecule has 2 rings (SSSR count). The Morgan fingerprint density at radius 3 is 2.74 bits per heavy atom. The van der Waals surface area contributed by atoms with Crippen LogP contribution < -0.4 is 16.4 Å². The molecule has 1 heterocycles. The predicted molar refractivity (Wildman–Crippen MR) is 77.6 cm³/mol. The van der Waals surface area contributed by atoms with E-state index < -0.39 is 0 Å². The minimum Gasteiger partial charge on any atom is -0.350 e. The van der Waals surface area contributed by atoms with E-state index in [2.05, 4.69) is 10.6 Å². The quantitative estimate of drug-likeness (QED) is 0.725. The van der Waals surface area contributed by atoms with Crippen molar-refractivity contribution in [2.45, 2.75) is 18.9 Å². The van der Waals surface area contributed by atoms with Crippen LogP contribution in [-0.4, -0.2) is 30.9 Å². The van der Waals surface area contributed by atoms with E-state index in [1.165, 1.54) is 11.3 Å². The molecule has 1 aromatic heterocycles. The molecule has 19 heavy (non-hydrogen) atoms. The molecular weight excluding hydrogens is 286 g/mol. The van der Waals surface area contributed by atoms with Gasteiger partial charge in [0.2, 0.25) is 5.91 Å². The fraction of sp³-hybridized carbons (Fsp3) is 0.500. The molecule has 0 aromatic carbocycles. The van der Waals surface area contributed by atoms with Gasteiger partial charge < -0.3 is 16.4 Å². The minimum absolute atomic E-state index is 0. The zero-order valence-corrected chi connectivity index (χ0v) is 12.1. The van der Waals surface area contributed by atoms with Gasteiger partial charge in [-0.1, -0.05) is 6.07 Å². The number of hydrogen-bond donors (Lipinski definition) is 3. The third-order valence-electron chi connectivity index (χ3n) is 2.95. The summed E-state index contributed by atoms with van der Waals surface area (Å²) in [7, 11) is 0. The number of nitrogens with two attached hydrogens (primary N) is 1. The van der Waals surface area contributed by atoms with Crippen molar-refractivity contribution < 1.29 is 9.59 Å². The highest BCUT2D eigenvalue weighted by Gasteiger charge is 2.31. The summed E-state index contributed by atoms with van der Waals surface area (Å²) in [6.07, 6.45) is 2.26. The highest BCUT2D eigenvalue weighted by Crippen LogP contribution is 2.32. The topological polar surface area (TPSA) is 84.2 Å². The fourth-order valence-electron chi connectivity index (χ4n) is 1.78. The summed E-state index contributed by atoms with van der Waals surface area (Å²) in [5.41, 5.74) is 5.59. The molecule has 1 fully saturated rings. The summed E-state index contributed by atoms with van der Waals surface area (Å²) >= 11 is 1.35. The molecule has 0 spiro atoms. The standard InChI is InChI=1S/C12H17N3O2S.ClH/c13-6-9(8-3-4-8)15-11(16)7-14-12(17)10-2-1-5-18-10;/h1-2,5,8-9H,3-4,6-7,13H2,(H,14,17)(H,15,16);1H. The number of carbonyl (C=O) groups is 2. The molecule has 2 amide bonds. The zero-order chi connectivity index (χ0) is 13.0. The van der Waals surface area contributed by atoms with Crippen molar-refractivity contribution in [1.29, 1.82) is 0 Å². The Morgan fingerprint density at radius 1 is 1.47 bits per heavy atom. The maximum Gasteiger partial charge on any atom is 0.261 e. The summed E-state index contributed by atoms with van der Waals surface area (Å²) in [6, 6.07) is 3.58. The van der Waals surface area contributed by atoms with Crippen molar-refractivity contribution in [3.8, 4) is 0 Å². The van der Waals surface area contributed by atoms with Crippen molar-refractivity contribution in [3.05, 3.63) is 22.4 Å². The molecule has 7 heteroatoms. The normalized spacial score (nSPS) is 15.2. The van der Waals surface area contributed by atoms with E-state index in [0.717, 1.165) is 12.8 Å². The lowest BCUT2D eigenvalue weighted by molar-refractivity contribution is -0.120. The highest BCUT2D eigenvalue weighted by atomic mass is 35.5. The Hall–Kier alpha value is -1.11. The van der Waals surface area contributed by atoms with Crippen LogP contribution in [0, 0.1) is 5.92 Å². The van der Waals surface area contributed by atoms with Gasteiger partial charge >= 0.3 is 0 Å². The van der Waals surface area contributed by atoms with Gasteiger partial charge in [0.1, 0.15) is 0 Å². The van der Waals surface area contributed by atoms with Crippen LogP contribution in [0.15, 0.2) is 17.5 Å². The van der Waals surface area contributed by atoms with Crippen molar-refractivity contribution >= 4 is 35.6 Å². The smallest absolute Gasteiger partial charge is 0.261 e. The maximum absolute atomic E-state index is 11.6. The van der Waals surface area contributed by atoms with Crippen LogP contribution in [-0.2, 0) is 4.79 Å². The molecule has 4 N–H and O–H groups in total. The van der Waals surface area contributed by atoms with Crippen molar-refractivity contribution in [2.75, 3.05) is 13.1 Å². The maximum atomic E-state index is 11.6. The predicted octanol–water partition coefficient (Wildman–Crippen LogP) is 0.753. The Balaban J connectivity index is 0.00000180. The van der Waals surface area contributed by atoms with E-state index in [1.54, 1.807) is 12.1 Å². The first kappa shape index (κ1) is 15.9. The molecular formula is C12H18ClN3O2S. The van der Waals surface area contributed by atoms with E-state index in [1.807, 2.05) is 5.38 Å². The fourth-order valence-corrected chi connectivity index (χ4v) is 2.42. The lowest BCUT2D eigenvalue weighted by Gasteiger charge is -2.16. The molecule has 0 aliphatic heterocycles. The molecule has 106 valence electrons. The average Bonchev–Trinajstić information content (AvgIpc) is 3.07. The zero-order valence-electron chi connectivity index (χ0n) is 10.4. The Morgan fingerprint density at radius 2 is 2.21 bits per heavy atom. The Bertz CT molecular complexity index is 421. The third-order valence-corrected chi connectivity index (χ3v) is 3.81.